The summed E-state index contributed by atoms with van der Waals surface area (Å²) in [5.74, 6) is 0. The highest BCUT2D eigenvalue weighted by Crippen LogP contribution is 2.63. The van der Waals surface area contributed by atoms with Gasteiger partial charge in [0.1, 0.15) is 11.2 Å². The van der Waals surface area contributed by atoms with E-state index in [-0.39, 0.29) is 0 Å². The molecule has 2 nitrogen and oxygen atoms in total. The van der Waals surface area contributed by atoms with Gasteiger partial charge in [-0.15, -0.1) is 0 Å². The van der Waals surface area contributed by atoms with Crippen molar-refractivity contribution in [1.29, 1.82) is 0 Å². The van der Waals surface area contributed by atoms with Crippen LogP contribution in [0.5, 0.6) is 0 Å². The SMILES string of the molecule is c1ccc(-c2ccc(N(c3ccc4c(c3)-c3ccccc3C43c4ccccc4-c4ccccc43)c3ccc4c(c3)oc3cc(-c5ccccc5)c5ccccc5c34)cc2)cc1. The van der Waals surface area contributed by atoms with E-state index in [1.165, 1.54) is 77.5 Å². The third kappa shape index (κ3) is 4.85. The summed E-state index contributed by atoms with van der Waals surface area (Å²) in [7, 11) is 0. The zero-order chi connectivity index (χ0) is 40.1. The summed E-state index contributed by atoms with van der Waals surface area (Å²) in [5.41, 5.74) is 19.8. The molecule has 61 heavy (non-hydrogen) atoms. The highest BCUT2D eigenvalue weighted by Gasteiger charge is 2.51. The van der Waals surface area contributed by atoms with E-state index >= 15 is 0 Å². The Kier molecular flexibility index (Phi) is 7.26. The maximum absolute atomic E-state index is 6.89. The van der Waals surface area contributed by atoms with Crippen LogP contribution in [0, 0.1) is 0 Å². The van der Waals surface area contributed by atoms with Gasteiger partial charge in [0, 0.05) is 33.9 Å². The summed E-state index contributed by atoms with van der Waals surface area (Å²) in [6.07, 6.45) is 0. The molecule has 0 aliphatic heterocycles. The van der Waals surface area contributed by atoms with Crippen molar-refractivity contribution in [2.75, 3.05) is 4.90 Å². The Bertz CT molecular complexity index is 3480. The number of anilines is 3. The first-order valence-electron chi connectivity index (χ1n) is 21.1. The summed E-state index contributed by atoms with van der Waals surface area (Å²) in [5, 5.41) is 4.67. The topological polar surface area (TPSA) is 16.4 Å². The molecule has 0 N–H and O–H groups in total. The van der Waals surface area contributed by atoms with Crippen LogP contribution in [0.2, 0.25) is 0 Å². The van der Waals surface area contributed by atoms with Gasteiger partial charge in [-0.2, -0.15) is 0 Å². The van der Waals surface area contributed by atoms with Crippen LogP contribution in [0.1, 0.15) is 22.3 Å². The third-order valence-electron chi connectivity index (χ3n) is 13.3. The lowest BCUT2D eigenvalue weighted by molar-refractivity contribution is 0.669. The van der Waals surface area contributed by atoms with Crippen LogP contribution in [0.3, 0.4) is 0 Å². The zero-order valence-corrected chi connectivity index (χ0v) is 33.2. The third-order valence-corrected chi connectivity index (χ3v) is 13.3. The molecule has 1 aromatic heterocycles. The average Bonchev–Trinajstić information content (AvgIpc) is 3.96. The lowest BCUT2D eigenvalue weighted by Crippen LogP contribution is -2.25. The first kappa shape index (κ1) is 34.0. The number of hydrogen-bond acceptors (Lipinski definition) is 2. The number of rotatable bonds is 5. The van der Waals surface area contributed by atoms with E-state index in [9.17, 15) is 0 Å². The fraction of sp³-hybridized carbons (Fsp3) is 0.0169. The molecule has 0 amide bonds. The molecule has 13 rings (SSSR count). The fourth-order valence-corrected chi connectivity index (χ4v) is 10.7. The summed E-state index contributed by atoms with van der Waals surface area (Å²) in [6.45, 7) is 0. The van der Waals surface area contributed by atoms with Crippen LogP contribution < -0.4 is 4.90 Å². The van der Waals surface area contributed by atoms with E-state index in [0.29, 0.717) is 0 Å². The Balaban J connectivity index is 1.02. The second kappa shape index (κ2) is 13.0. The van der Waals surface area contributed by atoms with E-state index in [2.05, 4.69) is 229 Å². The fourth-order valence-electron chi connectivity index (χ4n) is 10.7. The maximum Gasteiger partial charge on any atom is 0.137 e. The Labute approximate surface area is 354 Å². The Morgan fingerprint density at radius 3 is 1.46 bits per heavy atom. The molecule has 0 bridgehead atoms. The van der Waals surface area contributed by atoms with Crippen molar-refractivity contribution in [1.82, 2.24) is 0 Å². The van der Waals surface area contributed by atoms with E-state index in [1.54, 1.807) is 0 Å². The zero-order valence-electron chi connectivity index (χ0n) is 33.2. The standard InChI is InChI=1S/C59H37NO/c1-3-15-38(16-4-1)39-27-29-41(30-28-39)60(43-31-33-49-56(36-43)61-57-37-50(40-17-5-2-6-18-40)44-19-7-8-23-48(44)58(49)57)42-32-34-55-51(35-42)47-22-11-14-26-54(47)59(55)52-24-12-9-20-45(52)46-21-10-13-25-53(46)59/h1-37H. The molecule has 11 aromatic rings. The summed E-state index contributed by atoms with van der Waals surface area (Å²) < 4.78 is 6.89. The molecule has 0 fully saturated rings. The molecule has 0 unspecified atom stereocenters. The Morgan fingerprint density at radius 2 is 0.787 bits per heavy atom. The Hall–Kier alpha value is -7.94. The minimum absolute atomic E-state index is 0.394. The lowest BCUT2D eigenvalue weighted by atomic mass is 9.70. The van der Waals surface area contributed by atoms with Crippen LogP contribution in [0.25, 0.3) is 77.2 Å². The molecule has 0 saturated heterocycles. The first-order valence-corrected chi connectivity index (χ1v) is 21.1. The van der Waals surface area contributed by atoms with Crippen molar-refractivity contribution >= 4 is 49.8 Å². The summed E-state index contributed by atoms with van der Waals surface area (Å²) >= 11 is 0. The smallest absolute Gasteiger partial charge is 0.137 e. The highest BCUT2D eigenvalue weighted by molar-refractivity contribution is 6.22. The van der Waals surface area contributed by atoms with Gasteiger partial charge in [-0.05, 0) is 120 Å². The number of benzene rings is 10. The van der Waals surface area contributed by atoms with Gasteiger partial charge in [0.05, 0.1) is 5.41 Å². The molecule has 0 saturated carbocycles. The number of furan rings is 1. The van der Waals surface area contributed by atoms with Gasteiger partial charge < -0.3 is 9.32 Å². The van der Waals surface area contributed by atoms with Gasteiger partial charge in [-0.1, -0.05) is 176 Å². The van der Waals surface area contributed by atoms with E-state index in [1.807, 2.05) is 0 Å². The molecule has 0 radical (unpaired) electrons. The Morgan fingerprint density at radius 1 is 0.295 bits per heavy atom. The van der Waals surface area contributed by atoms with Gasteiger partial charge in [-0.3, -0.25) is 0 Å². The monoisotopic (exact) mass is 775 g/mol. The quantitative estimate of drug-likeness (QED) is 0.173. The summed E-state index contributed by atoms with van der Waals surface area (Å²) in [6, 6.07) is 82.0. The molecule has 2 heteroatoms. The second-order valence-electron chi connectivity index (χ2n) is 16.4. The molecule has 284 valence electrons. The van der Waals surface area contributed by atoms with Crippen molar-refractivity contribution in [3.8, 4) is 44.5 Å². The lowest BCUT2D eigenvalue weighted by Gasteiger charge is -2.31. The number of fused-ring (bicyclic) bond motifs is 15. The van der Waals surface area contributed by atoms with Crippen LogP contribution in [0.4, 0.5) is 17.1 Å². The van der Waals surface area contributed by atoms with Crippen LogP contribution in [-0.2, 0) is 5.41 Å². The van der Waals surface area contributed by atoms with Crippen molar-refractivity contribution in [2.24, 2.45) is 0 Å². The molecular formula is C59H37NO. The van der Waals surface area contributed by atoms with Crippen LogP contribution in [-0.4, -0.2) is 0 Å². The van der Waals surface area contributed by atoms with Crippen molar-refractivity contribution in [3.63, 3.8) is 0 Å². The molecule has 1 spiro atoms. The van der Waals surface area contributed by atoms with E-state index < -0.39 is 5.41 Å². The summed E-state index contributed by atoms with van der Waals surface area (Å²) in [4.78, 5) is 2.39. The van der Waals surface area contributed by atoms with Crippen molar-refractivity contribution in [3.05, 3.63) is 247 Å². The van der Waals surface area contributed by atoms with Gasteiger partial charge in [0.15, 0.2) is 0 Å². The van der Waals surface area contributed by atoms with Crippen LogP contribution >= 0.6 is 0 Å². The first-order chi connectivity index (χ1) is 30.3. The maximum atomic E-state index is 6.89. The number of hydrogen-bond donors (Lipinski definition) is 0. The van der Waals surface area contributed by atoms with Gasteiger partial charge in [0.2, 0.25) is 0 Å². The minimum Gasteiger partial charge on any atom is -0.456 e. The van der Waals surface area contributed by atoms with Gasteiger partial charge in [-0.25, -0.2) is 0 Å². The van der Waals surface area contributed by atoms with E-state index in [0.717, 1.165) is 39.0 Å². The molecular weight excluding hydrogens is 739 g/mol. The molecule has 2 aliphatic carbocycles. The predicted molar refractivity (Wildman–Crippen MR) is 253 cm³/mol. The minimum atomic E-state index is -0.394. The van der Waals surface area contributed by atoms with Crippen molar-refractivity contribution < 1.29 is 4.42 Å². The number of nitrogens with zero attached hydrogens (tertiary/aromatic N) is 1. The normalized spacial score (nSPS) is 13.0. The van der Waals surface area contributed by atoms with Gasteiger partial charge in [0.25, 0.3) is 0 Å². The second-order valence-corrected chi connectivity index (χ2v) is 16.4. The largest absolute Gasteiger partial charge is 0.456 e. The van der Waals surface area contributed by atoms with Gasteiger partial charge >= 0.3 is 0 Å². The highest BCUT2D eigenvalue weighted by atomic mass is 16.3. The molecule has 0 atom stereocenters. The predicted octanol–water partition coefficient (Wildman–Crippen LogP) is 15.9. The molecule has 2 aliphatic rings. The van der Waals surface area contributed by atoms with Crippen LogP contribution in [0.15, 0.2) is 229 Å². The average molecular weight is 776 g/mol. The van der Waals surface area contributed by atoms with Crippen molar-refractivity contribution in [2.45, 2.75) is 5.41 Å². The van der Waals surface area contributed by atoms with E-state index in [4.69, 9.17) is 4.42 Å². The molecule has 1 heterocycles. The molecule has 10 aromatic carbocycles.